The largest absolute Gasteiger partial charge is 0.378 e. The van der Waals surface area contributed by atoms with Crippen LogP contribution in [0.1, 0.15) is 18.1 Å². The zero-order valence-electron chi connectivity index (χ0n) is 16.7. The summed E-state index contributed by atoms with van der Waals surface area (Å²) in [7, 11) is 0.242. The summed E-state index contributed by atoms with van der Waals surface area (Å²) in [6, 6.07) is 14.2. The number of nitrogens with two attached hydrogens (primary N) is 1. The van der Waals surface area contributed by atoms with Gasteiger partial charge in [-0.2, -0.15) is 0 Å². The van der Waals surface area contributed by atoms with E-state index in [1.54, 1.807) is 30.0 Å². The van der Waals surface area contributed by atoms with E-state index in [9.17, 15) is 13.2 Å². The topological polar surface area (TPSA) is 96.1 Å². The predicted molar refractivity (Wildman–Crippen MR) is 115 cm³/mol. The van der Waals surface area contributed by atoms with Gasteiger partial charge in [-0.15, -0.1) is 0 Å². The van der Waals surface area contributed by atoms with Crippen molar-refractivity contribution < 1.29 is 13.2 Å². The first-order valence-electron chi connectivity index (χ1n) is 9.13. The standard InChI is InChI=1S/C21H24N4O3S/c1-15-23-20(14-17-4-8-18(9-5-17)24(2)3)21(26)25(15)13-12-16-6-10-19(11-7-16)29(22,27)28/h4-11,14H,12-13H2,1-3H3,(H2,22,27,28)/b20-14-. The molecule has 0 saturated carbocycles. The number of rotatable bonds is 6. The van der Waals surface area contributed by atoms with Crippen molar-refractivity contribution in [3.05, 3.63) is 65.4 Å². The maximum Gasteiger partial charge on any atom is 0.277 e. The second-order valence-electron chi connectivity index (χ2n) is 7.07. The number of amidine groups is 1. The van der Waals surface area contributed by atoms with E-state index in [1.165, 1.54) is 12.1 Å². The normalized spacial score (nSPS) is 15.7. The Hall–Kier alpha value is -2.97. The highest BCUT2D eigenvalue weighted by atomic mass is 32.2. The molecule has 29 heavy (non-hydrogen) atoms. The molecular weight excluding hydrogens is 388 g/mol. The van der Waals surface area contributed by atoms with Crippen molar-refractivity contribution >= 4 is 33.5 Å². The molecule has 152 valence electrons. The molecule has 0 atom stereocenters. The van der Waals surface area contributed by atoms with Crippen LogP contribution in [0.25, 0.3) is 6.08 Å². The number of primary sulfonamides is 1. The minimum absolute atomic E-state index is 0.0711. The predicted octanol–water partition coefficient (Wildman–Crippen LogP) is 2.24. The van der Waals surface area contributed by atoms with Gasteiger partial charge >= 0.3 is 0 Å². The fourth-order valence-corrected chi connectivity index (χ4v) is 3.55. The number of hydrogen-bond acceptors (Lipinski definition) is 5. The highest BCUT2D eigenvalue weighted by Gasteiger charge is 2.27. The molecule has 0 aliphatic carbocycles. The molecule has 0 radical (unpaired) electrons. The van der Waals surface area contributed by atoms with Crippen LogP contribution in [-0.2, 0) is 21.2 Å². The fraction of sp³-hybridized carbons (Fsp3) is 0.238. The number of aliphatic imine (C=N–C) groups is 1. The van der Waals surface area contributed by atoms with Gasteiger partial charge < -0.3 is 4.90 Å². The molecule has 1 amide bonds. The van der Waals surface area contributed by atoms with Crippen LogP contribution in [0.15, 0.2) is 64.1 Å². The Labute approximate surface area is 171 Å². The Morgan fingerprint density at radius 1 is 1.07 bits per heavy atom. The average molecular weight is 413 g/mol. The van der Waals surface area contributed by atoms with E-state index in [0.717, 1.165) is 16.8 Å². The zero-order valence-corrected chi connectivity index (χ0v) is 17.5. The summed E-state index contributed by atoms with van der Waals surface area (Å²) in [5.74, 6) is 0.507. The molecule has 0 spiro atoms. The molecular formula is C21H24N4O3S. The first kappa shape index (κ1) is 20.8. The van der Waals surface area contributed by atoms with E-state index in [4.69, 9.17) is 5.14 Å². The van der Waals surface area contributed by atoms with Crippen LogP contribution in [0, 0.1) is 0 Å². The summed E-state index contributed by atoms with van der Waals surface area (Å²) < 4.78 is 22.7. The number of amides is 1. The highest BCUT2D eigenvalue weighted by Crippen LogP contribution is 2.21. The Balaban J connectivity index is 1.68. The van der Waals surface area contributed by atoms with Crippen LogP contribution in [0.2, 0.25) is 0 Å². The second kappa shape index (κ2) is 8.18. The minimum atomic E-state index is -3.71. The summed E-state index contributed by atoms with van der Waals surface area (Å²) in [6.07, 6.45) is 2.36. The molecule has 0 aromatic heterocycles. The van der Waals surface area contributed by atoms with Gasteiger partial charge in [0.2, 0.25) is 10.0 Å². The van der Waals surface area contributed by atoms with Crippen molar-refractivity contribution in [2.24, 2.45) is 10.1 Å². The van der Waals surface area contributed by atoms with Crippen molar-refractivity contribution in [3.63, 3.8) is 0 Å². The van der Waals surface area contributed by atoms with Crippen molar-refractivity contribution in [2.75, 3.05) is 25.5 Å². The SMILES string of the molecule is CC1=N/C(=C\c2ccc(N(C)C)cc2)C(=O)N1CCc1ccc(S(N)(=O)=O)cc1. The first-order valence-corrected chi connectivity index (χ1v) is 10.7. The van der Waals surface area contributed by atoms with E-state index in [2.05, 4.69) is 4.99 Å². The Kier molecular flexibility index (Phi) is 5.86. The molecule has 0 fully saturated rings. The summed E-state index contributed by atoms with van der Waals surface area (Å²) in [5.41, 5.74) is 3.31. The Morgan fingerprint density at radius 2 is 1.69 bits per heavy atom. The minimum Gasteiger partial charge on any atom is -0.378 e. The Morgan fingerprint density at radius 3 is 2.24 bits per heavy atom. The van der Waals surface area contributed by atoms with Crippen LogP contribution >= 0.6 is 0 Å². The molecule has 1 heterocycles. The number of carbonyl (C=O) groups is 1. The molecule has 0 unspecified atom stereocenters. The lowest BCUT2D eigenvalue weighted by Crippen LogP contribution is -2.32. The number of carbonyl (C=O) groups excluding carboxylic acids is 1. The van der Waals surface area contributed by atoms with E-state index in [-0.39, 0.29) is 10.8 Å². The molecule has 3 rings (SSSR count). The van der Waals surface area contributed by atoms with Gasteiger partial charge in [-0.25, -0.2) is 18.5 Å². The number of anilines is 1. The van der Waals surface area contributed by atoms with Gasteiger partial charge in [0.1, 0.15) is 11.5 Å². The van der Waals surface area contributed by atoms with Gasteiger partial charge in [-0.1, -0.05) is 24.3 Å². The third kappa shape index (κ3) is 4.90. The molecule has 8 heteroatoms. The van der Waals surface area contributed by atoms with Crippen molar-refractivity contribution in [1.29, 1.82) is 0 Å². The van der Waals surface area contributed by atoms with Gasteiger partial charge in [-0.05, 0) is 54.8 Å². The summed E-state index contributed by atoms with van der Waals surface area (Å²) in [6.45, 7) is 2.26. The molecule has 7 nitrogen and oxygen atoms in total. The van der Waals surface area contributed by atoms with E-state index in [1.807, 2.05) is 43.3 Å². The fourth-order valence-electron chi connectivity index (χ4n) is 3.04. The third-order valence-corrected chi connectivity index (χ3v) is 5.66. The van der Waals surface area contributed by atoms with Gasteiger partial charge in [-0.3, -0.25) is 9.69 Å². The van der Waals surface area contributed by atoms with Crippen molar-refractivity contribution in [1.82, 2.24) is 4.90 Å². The molecule has 1 aliphatic heterocycles. The lowest BCUT2D eigenvalue weighted by molar-refractivity contribution is -0.122. The zero-order chi connectivity index (χ0) is 21.2. The summed E-state index contributed by atoms with van der Waals surface area (Å²) >= 11 is 0. The van der Waals surface area contributed by atoms with Crippen LogP contribution in [0.3, 0.4) is 0 Å². The monoisotopic (exact) mass is 412 g/mol. The van der Waals surface area contributed by atoms with Gasteiger partial charge in [0.15, 0.2) is 0 Å². The number of sulfonamides is 1. The maximum atomic E-state index is 12.7. The summed E-state index contributed by atoms with van der Waals surface area (Å²) in [5, 5.41) is 5.11. The smallest absolute Gasteiger partial charge is 0.277 e. The molecule has 2 aromatic rings. The van der Waals surface area contributed by atoms with Gasteiger partial charge in [0.25, 0.3) is 5.91 Å². The second-order valence-corrected chi connectivity index (χ2v) is 8.63. The molecule has 1 aliphatic rings. The van der Waals surface area contributed by atoms with Crippen LogP contribution in [0.5, 0.6) is 0 Å². The number of nitrogens with zero attached hydrogens (tertiary/aromatic N) is 3. The van der Waals surface area contributed by atoms with Crippen molar-refractivity contribution in [2.45, 2.75) is 18.2 Å². The lowest BCUT2D eigenvalue weighted by Gasteiger charge is -2.16. The van der Waals surface area contributed by atoms with Crippen molar-refractivity contribution in [3.8, 4) is 0 Å². The van der Waals surface area contributed by atoms with E-state index in [0.29, 0.717) is 24.5 Å². The van der Waals surface area contributed by atoms with Gasteiger partial charge in [0.05, 0.1) is 4.90 Å². The molecule has 0 bridgehead atoms. The lowest BCUT2D eigenvalue weighted by atomic mass is 10.1. The first-order chi connectivity index (χ1) is 13.6. The highest BCUT2D eigenvalue weighted by molar-refractivity contribution is 7.89. The maximum absolute atomic E-state index is 12.7. The number of hydrogen-bond donors (Lipinski definition) is 1. The van der Waals surface area contributed by atoms with E-state index >= 15 is 0 Å². The van der Waals surface area contributed by atoms with Crippen LogP contribution < -0.4 is 10.0 Å². The van der Waals surface area contributed by atoms with Crippen LogP contribution in [-0.4, -0.2) is 45.7 Å². The van der Waals surface area contributed by atoms with Crippen LogP contribution in [0.4, 0.5) is 5.69 Å². The quantitative estimate of drug-likeness (QED) is 0.736. The average Bonchev–Trinajstić information content (AvgIpc) is 2.93. The molecule has 2 N–H and O–H groups in total. The van der Waals surface area contributed by atoms with Gasteiger partial charge in [0, 0.05) is 26.3 Å². The molecule has 0 saturated heterocycles. The summed E-state index contributed by atoms with van der Waals surface area (Å²) in [4.78, 5) is 20.9. The Bertz CT molecular complexity index is 1070. The third-order valence-electron chi connectivity index (χ3n) is 4.73. The number of benzene rings is 2. The van der Waals surface area contributed by atoms with E-state index < -0.39 is 10.0 Å². The molecule has 2 aromatic carbocycles.